The van der Waals surface area contributed by atoms with Gasteiger partial charge in [-0.25, -0.2) is 0 Å². The standard InChI is InChI=1S/C16H13NO/c1-2-9-15(10-3-1)18-12-14-7-4-6-13-8-5-11-17-16(13)14/h1-11H,12H2. The fourth-order valence-corrected chi connectivity index (χ4v) is 1.96. The third kappa shape index (κ3) is 2.18. The molecule has 0 aliphatic heterocycles. The first-order valence-electron chi connectivity index (χ1n) is 5.94. The van der Waals surface area contributed by atoms with Crippen LogP contribution in [-0.4, -0.2) is 4.98 Å². The van der Waals surface area contributed by atoms with E-state index in [1.54, 1.807) is 0 Å². The SMILES string of the molecule is c1ccc(OCc2cccc3cccnc23)cc1. The maximum Gasteiger partial charge on any atom is 0.119 e. The van der Waals surface area contributed by atoms with E-state index in [2.05, 4.69) is 23.2 Å². The number of benzene rings is 2. The third-order valence-corrected chi connectivity index (χ3v) is 2.85. The van der Waals surface area contributed by atoms with Crippen molar-refractivity contribution in [3.8, 4) is 5.75 Å². The van der Waals surface area contributed by atoms with Crippen molar-refractivity contribution in [1.82, 2.24) is 4.98 Å². The number of pyridine rings is 1. The van der Waals surface area contributed by atoms with Crippen LogP contribution in [-0.2, 0) is 6.61 Å². The van der Waals surface area contributed by atoms with Crippen LogP contribution in [0.2, 0.25) is 0 Å². The van der Waals surface area contributed by atoms with Gasteiger partial charge in [-0.1, -0.05) is 42.5 Å². The molecule has 0 unspecified atom stereocenters. The summed E-state index contributed by atoms with van der Waals surface area (Å²) < 4.78 is 5.76. The van der Waals surface area contributed by atoms with Crippen molar-refractivity contribution in [3.05, 3.63) is 72.4 Å². The Balaban J connectivity index is 1.87. The van der Waals surface area contributed by atoms with Crippen LogP contribution < -0.4 is 4.74 Å². The van der Waals surface area contributed by atoms with Crippen molar-refractivity contribution in [2.24, 2.45) is 0 Å². The van der Waals surface area contributed by atoms with Gasteiger partial charge in [0.25, 0.3) is 0 Å². The molecule has 0 aliphatic rings. The predicted octanol–water partition coefficient (Wildman–Crippen LogP) is 3.81. The van der Waals surface area contributed by atoms with Crippen molar-refractivity contribution < 1.29 is 4.74 Å². The fraction of sp³-hybridized carbons (Fsp3) is 0.0625. The smallest absolute Gasteiger partial charge is 0.119 e. The lowest BCUT2D eigenvalue weighted by molar-refractivity contribution is 0.307. The second-order valence-corrected chi connectivity index (χ2v) is 4.09. The third-order valence-electron chi connectivity index (χ3n) is 2.85. The monoisotopic (exact) mass is 235 g/mol. The van der Waals surface area contributed by atoms with E-state index in [1.165, 1.54) is 0 Å². The first-order chi connectivity index (χ1) is 8.93. The zero-order valence-corrected chi connectivity index (χ0v) is 9.91. The lowest BCUT2D eigenvalue weighted by Gasteiger charge is -2.08. The molecule has 2 nitrogen and oxygen atoms in total. The second-order valence-electron chi connectivity index (χ2n) is 4.09. The molecule has 2 aromatic carbocycles. The quantitative estimate of drug-likeness (QED) is 0.688. The molecule has 0 fully saturated rings. The van der Waals surface area contributed by atoms with Crippen molar-refractivity contribution in [1.29, 1.82) is 0 Å². The van der Waals surface area contributed by atoms with Crippen LogP contribution in [0.15, 0.2) is 66.9 Å². The van der Waals surface area contributed by atoms with Gasteiger partial charge in [0.1, 0.15) is 12.4 Å². The summed E-state index contributed by atoms with van der Waals surface area (Å²) >= 11 is 0. The zero-order valence-electron chi connectivity index (χ0n) is 9.91. The minimum atomic E-state index is 0.540. The Hall–Kier alpha value is -2.35. The maximum absolute atomic E-state index is 5.76. The number of hydrogen-bond donors (Lipinski definition) is 0. The average molecular weight is 235 g/mol. The summed E-state index contributed by atoms with van der Waals surface area (Å²) in [6.07, 6.45) is 1.81. The summed E-state index contributed by atoms with van der Waals surface area (Å²) in [5.41, 5.74) is 2.12. The van der Waals surface area contributed by atoms with Gasteiger partial charge in [0.2, 0.25) is 0 Å². The number of aromatic nitrogens is 1. The topological polar surface area (TPSA) is 22.1 Å². The zero-order chi connectivity index (χ0) is 12.2. The minimum absolute atomic E-state index is 0.540. The Morgan fingerprint density at radius 3 is 2.56 bits per heavy atom. The van der Waals surface area contributed by atoms with Gasteiger partial charge in [-0.2, -0.15) is 0 Å². The molecule has 2 heteroatoms. The van der Waals surface area contributed by atoms with Crippen LogP contribution in [0.25, 0.3) is 10.9 Å². The molecule has 0 spiro atoms. The van der Waals surface area contributed by atoms with Crippen molar-refractivity contribution in [2.75, 3.05) is 0 Å². The highest BCUT2D eigenvalue weighted by atomic mass is 16.5. The van der Waals surface area contributed by atoms with Crippen molar-refractivity contribution in [3.63, 3.8) is 0 Å². The van der Waals surface area contributed by atoms with E-state index in [1.807, 2.05) is 48.7 Å². The Morgan fingerprint density at radius 1 is 0.833 bits per heavy atom. The van der Waals surface area contributed by atoms with Crippen LogP contribution in [0.4, 0.5) is 0 Å². The molecular formula is C16H13NO. The first kappa shape index (κ1) is 10.8. The van der Waals surface area contributed by atoms with Gasteiger partial charge in [0.05, 0.1) is 5.52 Å². The molecule has 1 heterocycles. The molecule has 1 aromatic heterocycles. The molecule has 0 atom stereocenters. The van der Waals surface area contributed by atoms with E-state index in [-0.39, 0.29) is 0 Å². The maximum atomic E-state index is 5.76. The van der Waals surface area contributed by atoms with Crippen LogP contribution in [0.1, 0.15) is 5.56 Å². The van der Waals surface area contributed by atoms with Gasteiger partial charge in [0, 0.05) is 17.1 Å². The summed E-state index contributed by atoms with van der Waals surface area (Å²) in [7, 11) is 0. The van der Waals surface area contributed by atoms with Gasteiger partial charge in [-0.05, 0) is 18.2 Å². The number of hydrogen-bond acceptors (Lipinski definition) is 2. The largest absolute Gasteiger partial charge is 0.489 e. The predicted molar refractivity (Wildman–Crippen MR) is 72.5 cm³/mol. The number of ether oxygens (including phenoxy) is 1. The Labute approximate surface area is 106 Å². The lowest BCUT2D eigenvalue weighted by atomic mass is 10.1. The summed E-state index contributed by atoms with van der Waals surface area (Å²) in [5.74, 6) is 0.880. The number of fused-ring (bicyclic) bond motifs is 1. The fourth-order valence-electron chi connectivity index (χ4n) is 1.96. The van der Waals surface area contributed by atoms with Crippen LogP contribution in [0.3, 0.4) is 0 Å². The second kappa shape index (κ2) is 4.88. The van der Waals surface area contributed by atoms with Crippen LogP contribution in [0.5, 0.6) is 5.75 Å². The van der Waals surface area contributed by atoms with Crippen molar-refractivity contribution >= 4 is 10.9 Å². The number of nitrogens with zero attached hydrogens (tertiary/aromatic N) is 1. The molecule has 0 radical (unpaired) electrons. The van der Waals surface area contributed by atoms with Gasteiger partial charge in [0.15, 0.2) is 0 Å². The molecule has 0 aliphatic carbocycles. The van der Waals surface area contributed by atoms with Crippen LogP contribution in [0, 0.1) is 0 Å². The highest BCUT2D eigenvalue weighted by molar-refractivity contribution is 5.81. The Kier molecular flexibility index (Phi) is 2.92. The molecule has 0 saturated heterocycles. The molecule has 18 heavy (non-hydrogen) atoms. The highest BCUT2D eigenvalue weighted by Gasteiger charge is 2.02. The van der Waals surface area contributed by atoms with Gasteiger partial charge in [-0.3, -0.25) is 4.98 Å². The Bertz CT molecular complexity index is 644. The summed E-state index contributed by atoms with van der Waals surface area (Å²) in [5, 5.41) is 1.15. The van der Waals surface area contributed by atoms with Gasteiger partial charge >= 0.3 is 0 Å². The van der Waals surface area contributed by atoms with E-state index < -0.39 is 0 Å². The van der Waals surface area contributed by atoms with E-state index in [4.69, 9.17) is 4.74 Å². The van der Waals surface area contributed by atoms with Gasteiger partial charge in [-0.15, -0.1) is 0 Å². The van der Waals surface area contributed by atoms with E-state index in [0.29, 0.717) is 6.61 Å². The first-order valence-corrected chi connectivity index (χ1v) is 5.94. The molecule has 0 N–H and O–H groups in total. The van der Waals surface area contributed by atoms with E-state index in [9.17, 15) is 0 Å². The number of rotatable bonds is 3. The van der Waals surface area contributed by atoms with E-state index >= 15 is 0 Å². The lowest BCUT2D eigenvalue weighted by Crippen LogP contribution is -1.97. The molecule has 3 rings (SSSR count). The summed E-state index contributed by atoms with van der Waals surface area (Å²) in [6, 6.07) is 20.0. The molecular weight excluding hydrogens is 222 g/mol. The molecule has 88 valence electrons. The molecule has 0 amide bonds. The summed E-state index contributed by atoms with van der Waals surface area (Å²) in [6.45, 7) is 0.540. The Morgan fingerprint density at radius 2 is 1.67 bits per heavy atom. The number of para-hydroxylation sites is 2. The average Bonchev–Trinajstić information content (AvgIpc) is 2.46. The molecule has 3 aromatic rings. The highest BCUT2D eigenvalue weighted by Crippen LogP contribution is 2.18. The van der Waals surface area contributed by atoms with Crippen LogP contribution >= 0.6 is 0 Å². The van der Waals surface area contributed by atoms with Gasteiger partial charge < -0.3 is 4.74 Å². The normalized spacial score (nSPS) is 10.4. The summed E-state index contributed by atoms with van der Waals surface area (Å²) in [4.78, 5) is 4.41. The van der Waals surface area contributed by atoms with E-state index in [0.717, 1.165) is 22.2 Å². The molecule has 0 bridgehead atoms. The molecule has 0 saturated carbocycles. The minimum Gasteiger partial charge on any atom is -0.489 e. The van der Waals surface area contributed by atoms with Crippen molar-refractivity contribution in [2.45, 2.75) is 6.61 Å².